The zero-order valence-electron chi connectivity index (χ0n) is 19.0. The molecule has 0 bridgehead atoms. The Labute approximate surface area is 177 Å². The molecular weight excluding hydrogens is 372 g/mol. The van der Waals surface area contributed by atoms with E-state index in [-0.39, 0.29) is 10.9 Å². The van der Waals surface area contributed by atoms with E-state index in [1.54, 1.807) is 0 Å². The van der Waals surface area contributed by atoms with Crippen LogP contribution in [0.3, 0.4) is 0 Å². The molecule has 1 amide bonds. The van der Waals surface area contributed by atoms with E-state index in [0.29, 0.717) is 0 Å². The van der Waals surface area contributed by atoms with Crippen molar-refractivity contribution in [1.29, 1.82) is 0 Å². The smallest absolute Gasteiger partial charge is 0.267 e. The van der Waals surface area contributed by atoms with Gasteiger partial charge in [0, 0.05) is 18.0 Å². The van der Waals surface area contributed by atoms with Crippen molar-refractivity contribution in [3.8, 4) is 0 Å². The number of benzene rings is 1. The zero-order chi connectivity index (χ0) is 21.2. The monoisotopic (exact) mass is 408 g/mol. The van der Waals surface area contributed by atoms with E-state index < -0.39 is 8.07 Å². The number of fused-ring (bicyclic) bond motifs is 1. The maximum absolute atomic E-state index is 13.4. The maximum atomic E-state index is 13.4. The van der Waals surface area contributed by atoms with Gasteiger partial charge >= 0.3 is 0 Å². The van der Waals surface area contributed by atoms with Gasteiger partial charge in [-0.15, -0.1) is 0 Å². The number of unbranched alkanes of at least 4 members (excludes halogenated alkanes) is 3. The summed E-state index contributed by atoms with van der Waals surface area (Å²) in [6, 6.07) is 12.1. The summed E-state index contributed by atoms with van der Waals surface area (Å²) in [6.45, 7) is 14.3. The Kier molecular flexibility index (Phi) is 6.23. The van der Waals surface area contributed by atoms with Crippen LogP contribution in [0.25, 0.3) is 5.70 Å². The average molecular weight is 409 g/mol. The minimum Gasteiger partial charge on any atom is -0.267 e. The van der Waals surface area contributed by atoms with Gasteiger partial charge in [-0.3, -0.25) is 9.47 Å². The highest BCUT2D eigenvalue weighted by molar-refractivity contribution is 6.87. The second-order valence-corrected chi connectivity index (χ2v) is 15.1. The van der Waals surface area contributed by atoms with Crippen LogP contribution in [0, 0.1) is 0 Å². The van der Waals surface area contributed by atoms with Crippen LogP contribution in [0.2, 0.25) is 18.1 Å². The van der Waals surface area contributed by atoms with Crippen LogP contribution < -0.4 is 5.01 Å². The van der Waals surface area contributed by atoms with Gasteiger partial charge in [0.2, 0.25) is 0 Å². The minimum absolute atomic E-state index is 0.0802. The van der Waals surface area contributed by atoms with E-state index in [9.17, 15) is 4.79 Å². The SMILES string of the molecule is CCCCCC/C(=C1/c2ccccc2C(=O)N1n1cccc1)[Si](C)(C)C(C)(C)C. The standard InChI is InChI=1S/C25H36N2OSi/c1-7-8-9-10-17-22(29(5,6)25(2,3)4)23-20-15-11-12-16-21(20)24(28)27(23)26-18-13-14-19-26/h11-16,18-19H,7-10,17H2,1-6H3/b23-22+. The molecule has 1 aliphatic heterocycles. The number of allylic oxidation sites excluding steroid dienone is 1. The fourth-order valence-electron chi connectivity index (χ4n) is 4.08. The van der Waals surface area contributed by atoms with E-state index in [4.69, 9.17) is 0 Å². The number of carbonyl (C=O) groups excluding carboxylic acids is 1. The first-order valence-corrected chi connectivity index (χ1v) is 14.0. The van der Waals surface area contributed by atoms with Crippen molar-refractivity contribution >= 4 is 19.7 Å². The van der Waals surface area contributed by atoms with Crippen LogP contribution in [-0.4, -0.2) is 18.7 Å². The molecule has 0 N–H and O–H groups in total. The number of carbonyl (C=O) groups is 1. The van der Waals surface area contributed by atoms with E-state index >= 15 is 0 Å². The molecule has 0 spiro atoms. The molecule has 3 nitrogen and oxygen atoms in total. The molecule has 1 aromatic heterocycles. The van der Waals surface area contributed by atoms with Crippen LogP contribution in [0.1, 0.15) is 75.7 Å². The molecule has 2 aromatic rings. The van der Waals surface area contributed by atoms with Gasteiger partial charge in [-0.1, -0.05) is 83.4 Å². The van der Waals surface area contributed by atoms with Gasteiger partial charge in [-0.2, -0.15) is 0 Å². The predicted molar refractivity (Wildman–Crippen MR) is 126 cm³/mol. The van der Waals surface area contributed by atoms with Gasteiger partial charge in [0.05, 0.1) is 19.3 Å². The molecule has 0 saturated carbocycles. The molecule has 0 aliphatic carbocycles. The Bertz CT molecular complexity index is 888. The number of amides is 1. The molecule has 0 atom stereocenters. The number of hydrogen-bond acceptors (Lipinski definition) is 1. The Balaban J connectivity index is 2.23. The summed E-state index contributed by atoms with van der Waals surface area (Å²) >= 11 is 0. The molecule has 0 saturated heterocycles. The summed E-state index contributed by atoms with van der Waals surface area (Å²) in [7, 11) is -1.84. The van der Waals surface area contributed by atoms with E-state index in [1.807, 2.05) is 46.3 Å². The summed E-state index contributed by atoms with van der Waals surface area (Å²) in [5.74, 6) is 0.0802. The van der Waals surface area contributed by atoms with Crippen LogP contribution >= 0.6 is 0 Å². The molecule has 4 heteroatoms. The number of aromatic nitrogens is 1. The van der Waals surface area contributed by atoms with Crippen LogP contribution in [0.15, 0.2) is 54.0 Å². The molecule has 0 unspecified atom stereocenters. The number of nitrogens with zero attached hydrogens (tertiary/aromatic N) is 2. The molecule has 0 radical (unpaired) electrons. The summed E-state index contributed by atoms with van der Waals surface area (Å²) in [5.41, 5.74) is 3.06. The van der Waals surface area contributed by atoms with Gasteiger partial charge in [0.1, 0.15) is 0 Å². The predicted octanol–water partition coefficient (Wildman–Crippen LogP) is 7.01. The summed E-state index contributed by atoms with van der Waals surface area (Å²) in [6.07, 6.45) is 9.98. The molecule has 1 aliphatic rings. The Hall–Kier alpha value is -2.07. The van der Waals surface area contributed by atoms with Crippen molar-refractivity contribution in [1.82, 2.24) is 4.68 Å². The van der Waals surface area contributed by atoms with Gasteiger partial charge < -0.3 is 0 Å². The van der Waals surface area contributed by atoms with Crippen molar-refractivity contribution < 1.29 is 4.79 Å². The molecule has 1 aromatic carbocycles. The quantitative estimate of drug-likeness (QED) is 0.357. The highest BCUT2D eigenvalue weighted by atomic mass is 28.3. The topological polar surface area (TPSA) is 25.2 Å². The number of hydrogen-bond donors (Lipinski definition) is 0. The Morgan fingerprint density at radius 3 is 2.14 bits per heavy atom. The summed E-state index contributed by atoms with van der Waals surface area (Å²) in [4.78, 5) is 13.4. The molecular formula is C25H36N2OSi. The minimum atomic E-state index is -1.84. The normalized spacial score (nSPS) is 16.3. The second kappa shape index (κ2) is 8.35. The van der Waals surface area contributed by atoms with Crippen LogP contribution in [0.5, 0.6) is 0 Å². The molecule has 29 heavy (non-hydrogen) atoms. The summed E-state index contributed by atoms with van der Waals surface area (Å²) < 4.78 is 1.96. The highest BCUT2D eigenvalue weighted by Gasteiger charge is 2.44. The second-order valence-electron chi connectivity index (χ2n) is 9.74. The van der Waals surface area contributed by atoms with Crippen molar-refractivity contribution in [2.24, 2.45) is 0 Å². The van der Waals surface area contributed by atoms with Crippen molar-refractivity contribution in [2.45, 2.75) is 77.9 Å². The first-order valence-electron chi connectivity index (χ1n) is 11.0. The lowest BCUT2D eigenvalue weighted by molar-refractivity contribution is 0.0984. The first kappa shape index (κ1) is 21.6. The lowest BCUT2D eigenvalue weighted by Crippen LogP contribution is -2.43. The first-order chi connectivity index (χ1) is 13.7. The molecule has 0 fully saturated rings. The molecule has 3 rings (SSSR count). The lowest BCUT2D eigenvalue weighted by atomic mass is 10.1. The van der Waals surface area contributed by atoms with Gasteiger partial charge in [-0.05, 0) is 36.1 Å². The number of rotatable bonds is 7. The summed E-state index contributed by atoms with van der Waals surface area (Å²) in [5, 5.41) is 3.65. The largest absolute Gasteiger partial charge is 0.278 e. The van der Waals surface area contributed by atoms with Crippen molar-refractivity contribution in [2.75, 3.05) is 5.01 Å². The zero-order valence-corrected chi connectivity index (χ0v) is 20.0. The average Bonchev–Trinajstić information content (AvgIpc) is 3.28. The van der Waals surface area contributed by atoms with Gasteiger partial charge in [0.25, 0.3) is 5.91 Å². The highest BCUT2D eigenvalue weighted by Crippen LogP contribution is 2.47. The Morgan fingerprint density at radius 1 is 0.931 bits per heavy atom. The van der Waals surface area contributed by atoms with Crippen molar-refractivity contribution in [3.63, 3.8) is 0 Å². The fourth-order valence-corrected chi connectivity index (χ4v) is 6.62. The van der Waals surface area contributed by atoms with E-state index in [0.717, 1.165) is 23.2 Å². The third-order valence-corrected chi connectivity index (χ3v) is 12.6. The maximum Gasteiger partial charge on any atom is 0.278 e. The third kappa shape index (κ3) is 4.00. The molecule has 2 heterocycles. The fraction of sp³-hybridized carbons (Fsp3) is 0.480. The van der Waals surface area contributed by atoms with Crippen LogP contribution in [-0.2, 0) is 0 Å². The van der Waals surface area contributed by atoms with Crippen molar-refractivity contribution in [3.05, 3.63) is 65.1 Å². The Morgan fingerprint density at radius 2 is 1.55 bits per heavy atom. The molecule has 156 valence electrons. The van der Waals surface area contributed by atoms with E-state index in [2.05, 4.69) is 52.9 Å². The van der Waals surface area contributed by atoms with Gasteiger partial charge in [0.15, 0.2) is 0 Å². The third-order valence-electron chi connectivity index (χ3n) is 6.83. The van der Waals surface area contributed by atoms with Gasteiger partial charge in [-0.25, -0.2) is 5.01 Å². The van der Waals surface area contributed by atoms with E-state index in [1.165, 1.54) is 30.9 Å². The lowest BCUT2D eigenvalue weighted by Gasteiger charge is -2.41. The van der Waals surface area contributed by atoms with Crippen LogP contribution in [0.4, 0.5) is 0 Å².